The van der Waals surface area contributed by atoms with Gasteiger partial charge in [-0.15, -0.1) is 0 Å². The van der Waals surface area contributed by atoms with E-state index >= 15 is 0 Å². The lowest BCUT2D eigenvalue weighted by atomic mass is 10.2. The Morgan fingerprint density at radius 3 is 2.61 bits per heavy atom. The fraction of sp³-hybridized carbons (Fsp3) is 0.200. The number of halogens is 1. The number of amides is 1. The lowest BCUT2D eigenvalue weighted by Crippen LogP contribution is -2.50. The molecular weight excluding hydrogens is 316 g/mol. The lowest BCUT2D eigenvalue weighted by Gasteiger charge is -2.20. The molecule has 1 saturated heterocycles. The van der Waals surface area contributed by atoms with Crippen molar-refractivity contribution in [3.8, 4) is 0 Å². The van der Waals surface area contributed by atoms with E-state index in [1.165, 1.54) is 0 Å². The van der Waals surface area contributed by atoms with Gasteiger partial charge in [0, 0.05) is 29.6 Å². The summed E-state index contributed by atoms with van der Waals surface area (Å²) < 4.78 is 0. The molecule has 7 nitrogen and oxygen atoms in total. The van der Waals surface area contributed by atoms with Crippen molar-refractivity contribution in [1.29, 1.82) is 0 Å². The van der Waals surface area contributed by atoms with Crippen LogP contribution in [0.3, 0.4) is 0 Å². The van der Waals surface area contributed by atoms with Gasteiger partial charge in [-0.2, -0.15) is 5.53 Å². The van der Waals surface area contributed by atoms with Gasteiger partial charge >= 0.3 is 0 Å². The van der Waals surface area contributed by atoms with Gasteiger partial charge in [-0.25, -0.2) is 10.9 Å². The van der Waals surface area contributed by atoms with Gasteiger partial charge in [-0.1, -0.05) is 11.6 Å². The second kappa shape index (κ2) is 7.38. The van der Waals surface area contributed by atoms with E-state index in [9.17, 15) is 4.79 Å². The fourth-order valence-corrected chi connectivity index (χ4v) is 2.35. The molecule has 0 bridgehead atoms. The van der Waals surface area contributed by atoms with Crippen molar-refractivity contribution in [3.05, 3.63) is 59.4 Å². The number of nitrogens with zero attached hydrogens (tertiary/aromatic N) is 1. The molecule has 0 radical (unpaired) electrons. The van der Waals surface area contributed by atoms with Gasteiger partial charge in [-0.3, -0.25) is 9.78 Å². The van der Waals surface area contributed by atoms with Gasteiger partial charge < -0.3 is 10.6 Å². The predicted octanol–water partition coefficient (Wildman–Crippen LogP) is 0.770. The van der Waals surface area contributed by atoms with Crippen LogP contribution in [0.5, 0.6) is 0 Å². The first kappa shape index (κ1) is 15.7. The predicted molar refractivity (Wildman–Crippen MR) is 88.1 cm³/mol. The number of pyridine rings is 1. The summed E-state index contributed by atoms with van der Waals surface area (Å²) >= 11 is 5.87. The van der Waals surface area contributed by atoms with E-state index in [1.54, 1.807) is 24.5 Å². The van der Waals surface area contributed by atoms with E-state index in [0.717, 1.165) is 11.3 Å². The number of benzene rings is 1. The maximum Gasteiger partial charge on any atom is 0.242 e. The largest absolute Gasteiger partial charge is 0.367 e. The normalized spacial score (nSPS) is 20.2. The minimum atomic E-state index is -0.465. The molecule has 120 valence electrons. The van der Waals surface area contributed by atoms with Gasteiger partial charge in [-0.05, 0) is 42.0 Å². The Kier molecular flexibility index (Phi) is 5.04. The smallest absolute Gasteiger partial charge is 0.242 e. The van der Waals surface area contributed by atoms with Gasteiger partial charge in [0.15, 0.2) is 0 Å². The van der Waals surface area contributed by atoms with Crippen LogP contribution in [0.25, 0.3) is 0 Å². The van der Waals surface area contributed by atoms with Crippen molar-refractivity contribution in [2.45, 2.75) is 18.8 Å². The van der Waals surface area contributed by atoms with E-state index in [2.05, 4.69) is 32.0 Å². The molecule has 1 aromatic carbocycles. The van der Waals surface area contributed by atoms with Crippen LogP contribution in [0, 0.1) is 0 Å². The monoisotopic (exact) mass is 332 g/mol. The average Bonchev–Trinajstić information content (AvgIpc) is 3.04. The standard InChI is InChI=1S/C15H17ClN6O/c16-11-1-3-12(4-2-11)19-14-13(20-22-21-14)15(23)18-9-10-5-7-17-8-6-10/h1-8,13-14,19-22H,9H2,(H,18,23). The van der Waals surface area contributed by atoms with Gasteiger partial charge in [0.05, 0.1) is 0 Å². The van der Waals surface area contributed by atoms with Gasteiger partial charge in [0.2, 0.25) is 5.91 Å². The Morgan fingerprint density at radius 1 is 1.13 bits per heavy atom. The van der Waals surface area contributed by atoms with Crippen molar-refractivity contribution in [2.24, 2.45) is 0 Å². The van der Waals surface area contributed by atoms with Crippen molar-refractivity contribution < 1.29 is 4.79 Å². The molecule has 0 aliphatic carbocycles. The third-order valence-corrected chi connectivity index (χ3v) is 3.71. The summed E-state index contributed by atoms with van der Waals surface area (Å²) in [6, 6.07) is 10.6. The number of aromatic nitrogens is 1. The van der Waals surface area contributed by atoms with E-state index in [4.69, 9.17) is 11.6 Å². The van der Waals surface area contributed by atoms with Crippen LogP contribution in [-0.4, -0.2) is 23.1 Å². The molecule has 0 spiro atoms. The molecule has 5 N–H and O–H groups in total. The number of anilines is 1. The lowest BCUT2D eigenvalue weighted by molar-refractivity contribution is -0.123. The van der Waals surface area contributed by atoms with Crippen LogP contribution in [0.15, 0.2) is 48.8 Å². The first-order valence-corrected chi connectivity index (χ1v) is 7.55. The molecule has 2 aromatic rings. The number of carbonyl (C=O) groups is 1. The molecule has 1 fully saturated rings. The minimum Gasteiger partial charge on any atom is -0.367 e. The van der Waals surface area contributed by atoms with Gasteiger partial charge in [0.25, 0.3) is 0 Å². The number of hydrogen-bond donors (Lipinski definition) is 5. The maximum atomic E-state index is 12.3. The zero-order valence-electron chi connectivity index (χ0n) is 12.2. The molecule has 2 atom stereocenters. The van der Waals surface area contributed by atoms with Crippen LogP contribution < -0.4 is 27.0 Å². The number of hydrogen-bond acceptors (Lipinski definition) is 6. The van der Waals surface area contributed by atoms with Crippen LogP contribution in [0.1, 0.15) is 5.56 Å². The SMILES string of the molecule is O=C(NCc1ccncc1)C1NNNC1Nc1ccc(Cl)cc1. The van der Waals surface area contributed by atoms with Crippen molar-refractivity contribution in [3.63, 3.8) is 0 Å². The summed E-state index contributed by atoms with van der Waals surface area (Å²) in [6.07, 6.45) is 3.10. The molecule has 3 rings (SSSR count). The summed E-state index contributed by atoms with van der Waals surface area (Å²) in [5.41, 5.74) is 10.5. The number of nitrogens with one attached hydrogen (secondary N) is 5. The van der Waals surface area contributed by atoms with Crippen LogP contribution in [-0.2, 0) is 11.3 Å². The summed E-state index contributed by atoms with van der Waals surface area (Å²) in [5.74, 6) is -0.120. The molecule has 1 aromatic heterocycles. The zero-order chi connectivity index (χ0) is 16.1. The first-order valence-electron chi connectivity index (χ1n) is 7.17. The minimum absolute atomic E-state index is 0.120. The fourth-order valence-electron chi connectivity index (χ4n) is 2.23. The molecule has 1 aliphatic heterocycles. The zero-order valence-corrected chi connectivity index (χ0v) is 13.0. The first-order chi connectivity index (χ1) is 11.2. The average molecular weight is 333 g/mol. The second-order valence-electron chi connectivity index (χ2n) is 5.09. The molecule has 23 heavy (non-hydrogen) atoms. The molecule has 0 saturated carbocycles. The van der Waals surface area contributed by atoms with Crippen molar-refractivity contribution >= 4 is 23.2 Å². The van der Waals surface area contributed by atoms with E-state index in [-0.39, 0.29) is 12.1 Å². The topological polar surface area (TPSA) is 90.1 Å². The second-order valence-corrected chi connectivity index (χ2v) is 5.53. The summed E-state index contributed by atoms with van der Waals surface area (Å²) in [5, 5.41) is 6.79. The Morgan fingerprint density at radius 2 is 1.87 bits per heavy atom. The van der Waals surface area contributed by atoms with E-state index < -0.39 is 6.04 Å². The van der Waals surface area contributed by atoms with Crippen LogP contribution >= 0.6 is 11.6 Å². The van der Waals surface area contributed by atoms with Crippen LogP contribution in [0.2, 0.25) is 5.02 Å². The summed E-state index contributed by atoms with van der Waals surface area (Å²) in [4.78, 5) is 16.3. The highest BCUT2D eigenvalue weighted by Crippen LogP contribution is 2.15. The molecule has 8 heteroatoms. The quantitative estimate of drug-likeness (QED) is 0.556. The Hall–Kier alpha value is -2.19. The molecule has 1 aliphatic rings. The third kappa shape index (κ3) is 4.17. The molecule has 2 unspecified atom stereocenters. The summed E-state index contributed by atoms with van der Waals surface area (Å²) in [6.45, 7) is 0.452. The Labute approximate surface area is 138 Å². The highest BCUT2D eigenvalue weighted by molar-refractivity contribution is 6.30. The number of hydrazine groups is 2. The molecule has 1 amide bonds. The van der Waals surface area contributed by atoms with Crippen LogP contribution in [0.4, 0.5) is 5.69 Å². The Balaban J connectivity index is 1.57. The van der Waals surface area contributed by atoms with E-state index in [0.29, 0.717) is 11.6 Å². The number of rotatable bonds is 5. The number of carbonyl (C=O) groups excluding carboxylic acids is 1. The molecular formula is C15H17ClN6O. The van der Waals surface area contributed by atoms with E-state index in [1.807, 2.05) is 24.3 Å². The maximum absolute atomic E-state index is 12.3. The third-order valence-electron chi connectivity index (χ3n) is 3.45. The highest BCUT2D eigenvalue weighted by Gasteiger charge is 2.32. The van der Waals surface area contributed by atoms with Gasteiger partial charge in [0.1, 0.15) is 12.2 Å². The summed E-state index contributed by atoms with van der Waals surface area (Å²) in [7, 11) is 0. The highest BCUT2D eigenvalue weighted by atomic mass is 35.5. The van der Waals surface area contributed by atoms with Crippen molar-refractivity contribution in [2.75, 3.05) is 5.32 Å². The Bertz CT molecular complexity index is 651. The van der Waals surface area contributed by atoms with Crippen molar-refractivity contribution in [1.82, 2.24) is 26.7 Å². The molecule has 2 heterocycles.